The van der Waals surface area contributed by atoms with Crippen molar-refractivity contribution in [2.45, 2.75) is 44.4 Å². The first-order chi connectivity index (χ1) is 9.41. The fourth-order valence-corrected chi connectivity index (χ4v) is 1.85. The van der Waals surface area contributed by atoms with E-state index in [1.54, 1.807) is 12.1 Å². The standard InChI is InChI=1S/C8H16O.C7H8O3S/c1-2-3-4-5-6-7-8-9;1-6-2-4-7(5-3-6)11(8,9)10/h3-4,9H,2,5-8H2,1H3;2-5H,1H3,(H,8,9,10)/b4-3-;. The van der Waals surface area contributed by atoms with Crippen molar-refractivity contribution < 1.29 is 18.1 Å². The highest BCUT2D eigenvalue weighted by Crippen LogP contribution is 2.08. The van der Waals surface area contributed by atoms with Gasteiger partial charge in [0.1, 0.15) is 0 Å². The van der Waals surface area contributed by atoms with Crippen LogP contribution in [-0.4, -0.2) is 24.7 Å². The Morgan fingerprint density at radius 3 is 2.15 bits per heavy atom. The predicted octanol–water partition coefficient (Wildman–Crippen LogP) is 3.36. The van der Waals surface area contributed by atoms with Crippen molar-refractivity contribution in [1.29, 1.82) is 0 Å². The van der Waals surface area contributed by atoms with Crippen molar-refractivity contribution in [3.05, 3.63) is 42.0 Å². The minimum absolute atomic E-state index is 0.0666. The maximum Gasteiger partial charge on any atom is 0.294 e. The van der Waals surface area contributed by atoms with E-state index in [4.69, 9.17) is 9.66 Å². The van der Waals surface area contributed by atoms with Gasteiger partial charge < -0.3 is 5.11 Å². The summed E-state index contributed by atoms with van der Waals surface area (Å²) in [4.78, 5) is -0.0666. The molecule has 1 rings (SSSR count). The van der Waals surface area contributed by atoms with E-state index >= 15 is 0 Å². The van der Waals surface area contributed by atoms with Gasteiger partial charge in [0.15, 0.2) is 0 Å². The monoisotopic (exact) mass is 300 g/mol. The molecule has 0 saturated heterocycles. The van der Waals surface area contributed by atoms with Gasteiger partial charge >= 0.3 is 0 Å². The van der Waals surface area contributed by atoms with E-state index in [9.17, 15) is 8.42 Å². The molecule has 2 N–H and O–H groups in total. The van der Waals surface area contributed by atoms with Gasteiger partial charge in [0.25, 0.3) is 10.1 Å². The van der Waals surface area contributed by atoms with Gasteiger partial charge in [0.05, 0.1) is 4.90 Å². The van der Waals surface area contributed by atoms with Gasteiger partial charge in [-0.25, -0.2) is 0 Å². The molecule has 0 bridgehead atoms. The van der Waals surface area contributed by atoms with Gasteiger partial charge in [-0.05, 0) is 44.7 Å². The smallest absolute Gasteiger partial charge is 0.294 e. The average Bonchev–Trinajstić information content (AvgIpc) is 2.39. The topological polar surface area (TPSA) is 74.6 Å². The minimum atomic E-state index is -4.02. The molecule has 5 heteroatoms. The van der Waals surface area contributed by atoms with Gasteiger partial charge in [-0.15, -0.1) is 0 Å². The zero-order valence-corrected chi connectivity index (χ0v) is 12.9. The number of hydrogen-bond donors (Lipinski definition) is 2. The largest absolute Gasteiger partial charge is 0.396 e. The number of aryl methyl sites for hydroxylation is 1. The van der Waals surface area contributed by atoms with E-state index < -0.39 is 10.1 Å². The first-order valence-corrected chi connectivity index (χ1v) is 8.15. The summed E-state index contributed by atoms with van der Waals surface area (Å²) in [6.07, 6.45) is 8.64. The van der Waals surface area contributed by atoms with Crippen LogP contribution in [0.4, 0.5) is 0 Å². The summed E-state index contributed by atoms with van der Waals surface area (Å²) in [5.74, 6) is 0. The zero-order chi connectivity index (χ0) is 15.4. The van der Waals surface area contributed by atoms with Crippen LogP contribution in [0.2, 0.25) is 0 Å². The number of hydrogen-bond acceptors (Lipinski definition) is 3. The Morgan fingerprint density at radius 2 is 1.70 bits per heavy atom. The number of allylic oxidation sites excluding steroid dienone is 2. The molecule has 0 radical (unpaired) electrons. The Labute approximate surface area is 121 Å². The van der Waals surface area contributed by atoms with Crippen molar-refractivity contribution in [3.8, 4) is 0 Å². The molecule has 0 atom stereocenters. The molecule has 4 nitrogen and oxygen atoms in total. The number of unbranched alkanes of at least 4 members (excludes halogenated alkanes) is 2. The van der Waals surface area contributed by atoms with Crippen LogP contribution in [0.25, 0.3) is 0 Å². The van der Waals surface area contributed by atoms with E-state index in [0.29, 0.717) is 6.61 Å². The number of aliphatic hydroxyl groups excluding tert-OH is 1. The van der Waals surface area contributed by atoms with Crippen LogP contribution in [-0.2, 0) is 10.1 Å². The predicted molar refractivity (Wildman–Crippen MR) is 81.4 cm³/mol. The molecular formula is C15H24O4S. The van der Waals surface area contributed by atoms with Crippen LogP contribution in [0.3, 0.4) is 0 Å². The summed E-state index contributed by atoms with van der Waals surface area (Å²) in [6.45, 7) is 4.30. The minimum Gasteiger partial charge on any atom is -0.396 e. The van der Waals surface area contributed by atoms with Gasteiger partial charge in [0.2, 0.25) is 0 Å². The van der Waals surface area contributed by atoms with Gasteiger partial charge in [-0.1, -0.05) is 36.8 Å². The molecule has 0 amide bonds. The highest BCUT2D eigenvalue weighted by Gasteiger charge is 2.06. The molecular weight excluding hydrogens is 276 g/mol. The Morgan fingerprint density at radius 1 is 1.10 bits per heavy atom. The zero-order valence-electron chi connectivity index (χ0n) is 12.1. The second kappa shape index (κ2) is 10.6. The summed E-state index contributed by atoms with van der Waals surface area (Å²) in [5.41, 5.74) is 0.956. The molecule has 0 aliphatic heterocycles. The molecule has 1 aromatic rings. The molecule has 0 fully saturated rings. The molecule has 1 aromatic carbocycles. The summed E-state index contributed by atoms with van der Waals surface area (Å²) in [5, 5.41) is 8.40. The van der Waals surface area contributed by atoms with Gasteiger partial charge in [-0.2, -0.15) is 8.42 Å². The van der Waals surface area contributed by atoms with E-state index in [1.807, 2.05) is 6.92 Å². The van der Waals surface area contributed by atoms with Crippen LogP contribution in [0.15, 0.2) is 41.3 Å². The van der Waals surface area contributed by atoms with Crippen LogP contribution in [0.5, 0.6) is 0 Å². The van der Waals surface area contributed by atoms with Crippen molar-refractivity contribution >= 4 is 10.1 Å². The van der Waals surface area contributed by atoms with Crippen molar-refractivity contribution in [2.75, 3.05) is 6.61 Å². The summed E-state index contributed by atoms with van der Waals surface area (Å²) in [6, 6.07) is 5.99. The third kappa shape index (κ3) is 9.72. The molecule has 0 aliphatic carbocycles. The summed E-state index contributed by atoms with van der Waals surface area (Å²) >= 11 is 0. The third-order valence-corrected chi connectivity index (χ3v) is 3.37. The van der Waals surface area contributed by atoms with Gasteiger partial charge in [0, 0.05) is 6.61 Å². The third-order valence-electron chi connectivity index (χ3n) is 2.50. The average molecular weight is 300 g/mol. The van der Waals surface area contributed by atoms with E-state index in [1.165, 1.54) is 12.1 Å². The molecule has 0 unspecified atom stereocenters. The van der Waals surface area contributed by atoms with Crippen molar-refractivity contribution in [3.63, 3.8) is 0 Å². The molecule has 20 heavy (non-hydrogen) atoms. The van der Waals surface area contributed by atoms with Crippen LogP contribution in [0, 0.1) is 6.92 Å². The first-order valence-electron chi connectivity index (χ1n) is 6.71. The second-order valence-electron chi connectivity index (χ2n) is 4.39. The Kier molecular flexibility index (Phi) is 9.98. The summed E-state index contributed by atoms with van der Waals surface area (Å²) in [7, 11) is -4.02. The van der Waals surface area contributed by atoms with E-state index in [2.05, 4.69) is 19.1 Å². The highest BCUT2D eigenvalue weighted by molar-refractivity contribution is 7.85. The van der Waals surface area contributed by atoms with Crippen LogP contribution in [0.1, 0.15) is 38.2 Å². The lowest BCUT2D eigenvalue weighted by atomic mass is 10.2. The van der Waals surface area contributed by atoms with Crippen molar-refractivity contribution in [1.82, 2.24) is 0 Å². The SMILES string of the molecule is CC/C=C\CCCCO.Cc1ccc(S(=O)(=O)O)cc1. The molecule has 0 saturated carbocycles. The van der Waals surface area contributed by atoms with Crippen molar-refractivity contribution in [2.24, 2.45) is 0 Å². The maximum absolute atomic E-state index is 10.5. The quantitative estimate of drug-likeness (QED) is 0.480. The summed E-state index contributed by atoms with van der Waals surface area (Å²) < 4.78 is 29.6. The highest BCUT2D eigenvalue weighted by atomic mass is 32.2. The van der Waals surface area contributed by atoms with Crippen LogP contribution >= 0.6 is 0 Å². The second-order valence-corrected chi connectivity index (χ2v) is 5.81. The molecule has 0 aliphatic rings. The Hall–Kier alpha value is -1.17. The molecule has 0 spiro atoms. The molecule has 0 heterocycles. The first kappa shape index (κ1) is 18.8. The lowest BCUT2D eigenvalue weighted by molar-refractivity contribution is 0.285. The number of benzene rings is 1. The lowest BCUT2D eigenvalue weighted by Gasteiger charge is -1.95. The maximum atomic E-state index is 10.5. The number of aliphatic hydroxyl groups is 1. The fraction of sp³-hybridized carbons (Fsp3) is 0.467. The lowest BCUT2D eigenvalue weighted by Crippen LogP contribution is -1.96. The fourth-order valence-electron chi connectivity index (χ4n) is 1.37. The van der Waals surface area contributed by atoms with Crippen LogP contribution < -0.4 is 0 Å². The Balaban J connectivity index is 0.000000370. The molecule has 0 aromatic heterocycles. The Bertz CT molecular complexity index is 475. The molecule has 114 valence electrons. The van der Waals surface area contributed by atoms with E-state index in [0.717, 1.165) is 31.2 Å². The normalized spacial score (nSPS) is 11.2. The van der Waals surface area contributed by atoms with Gasteiger partial charge in [-0.3, -0.25) is 4.55 Å². The van der Waals surface area contributed by atoms with E-state index in [-0.39, 0.29) is 4.90 Å². The number of rotatable bonds is 6.